The van der Waals surface area contributed by atoms with E-state index in [1.807, 2.05) is 0 Å². The van der Waals surface area contributed by atoms with Gasteiger partial charge in [0.1, 0.15) is 11.5 Å². The predicted octanol–water partition coefficient (Wildman–Crippen LogP) is 0.750. The van der Waals surface area contributed by atoms with Gasteiger partial charge in [0.2, 0.25) is 0 Å². The topological polar surface area (TPSA) is 66.6 Å². The maximum atomic E-state index is 13.1. The number of carbonyl (C=O) groups excluding carboxylic acids is 1. The average Bonchev–Trinajstić information content (AvgIpc) is 2.02. The Morgan fingerprint density at radius 2 is 2.23 bits per heavy atom. The number of carbonyl (C=O) groups is 1. The number of rotatable bonds is 2. The molecule has 0 aromatic heterocycles. The Morgan fingerprint density at radius 3 is 2.62 bits per heavy atom. The fraction of sp³-hybridized carbons (Fsp3) is 0.125. The van der Waals surface area contributed by atoms with Crippen LogP contribution in [-0.4, -0.2) is 18.2 Å². The van der Waals surface area contributed by atoms with E-state index in [4.69, 9.17) is 10.9 Å². The first kappa shape index (κ1) is 9.47. The van der Waals surface area contributed by atoms with Gasteiger partial charge in [0.15, 0.2) is 0 Å². The maximum Gasteiger partial charge on any atom is 0.251 e. The van der Waals surface area contributed by atoms with Crippen LogP contribution in [0.3, 0.4) is 0 Å². The van der Waals surface area contributed by atoms with Crippen molar-refractivity contribution in [1.29, 1.82) is 0 Å². The molecule has 4 nitrogen and oxygen atoms in total. The molecule has 0 atom stereocenters. The molecule has 0 aliphatic rings. The number of halogens is 1. The van der Waals surface area contributed by atoms with Crippen LogP contribution in [0.25, 0.3) is 0 Å². The molecule has 0 aliphatic carbocycles. The van der Waals surface area contributed by atoms with Crippen molar-refractivity contribution in [1.82, 2.24) is 0 Å². The Hall–Kier alpha value is -1.62. The molecule has 0 saturated heterocycles. The Bertz CT molecular complexity index is 339. The van der Waals surface area contributed by atoms with Gasteiger partial charge in [-0.2, -0.15) is 0 Å². The summed E-state index contributed by atoms with van der Waals surface area (Å²) in [5.41, 5.74) is 4.71. The number of benzene rings is 1. The second-order valence-electron chi connectivity index (χ2n) is 2.52. The van der Waals surface area contributed by atoms with Crippen LogP contribution >= 0.6 is 0 Å². The van der Waals surface area contributed by atoms with Gasteiger partial charge in [-0.25, -0.2) is 4.39 Å². The maximum absolute atomic E-state index is 13.1. The minimum Gasteiger partial charge on any atom is -0.366 e. The number of amides is 1. The van der Waals surface area contributed by atoms with Crippen LogP contribution in [0.4, 0.5) is 10.1 Å². The van der Waals surface area contributed by atoms with E-state index in [1.165, 1.54) is 19.2 Å². The molecule has 0 fully saturated rings. The summed E-state index contributed by atoms with van der Waals surface area (Å²) in [5, 5.41) is 9.54. The highest BCUT2D eigenvalue weighted by Gasteiger charge is 2.14. The highest BCUT2D eigenvalue weighted by Crippen LogP contribution is 2.21. The smallest absolute Gasteiger partial charge is 0.251 e. The Balaban J connectivity index is 3.34. The molecule has 0 spiro atoms. The molecular weight excluding hydrogens is 175 g/mol. The number of nitrogens with two attached hydrogens (primary N) is 1. The highest BCUT2D eigenvalue weighted by molar-refractivity contribution is 5.98. The van der Waals surface area contributed by atoms with Crippen LogP contribution in [0.15, 0.2) is 18.2 Å². The van der Waals surface area contributed by atoms with E-state index in [0.717, 1.165) is 6.07 Å². The first-order chi connectivity index (χ1) is 6.04. The molecule has 0 unspecified atom stereocenters. The third kappa shape index (κ3) is 1.75. The normalized spacial score (nSPS) is 9.77. The molecule has 0 bridgehead atoms. The van der Waals surface area contributed by atoms with Crippen molar-refractivity contribution in [2.24, 2.45) is 5.73 Å². The fourth-order valence-electron chi connectivity index (χ4n) is 1.04. The number of primary amides is 1. The van der Waals surface area contributed by atoms with E-state index in [-0.39, 0.29) is 11.3 Å². The lowest BCUT2D eigenvalue weighted by Gasteiger charge is -2.14. The number of nitrogens with zero attached hydrogens (tertiary/aromatic N) is 1. The van der Waals surface area contributed by atoms with Crippen LogP contribution in [0.1, 0.15) is 10.4 Å². The van der Waals surface area contributed by atoms with Crippen molar-refractivity contribution < 1.29 is 14.4 Å². The van der Waals surface area contributed by atoms with Gasteiger partial charge >= 0.3 is 0 Å². The lowest BCUT2D eigenvalue weighted by molar-refractivity contribution is 0.0998. The lowest BCUT2D eigenvalue weighted by atomic mass is 10.1. The molecule has 0 radical (unpaired) electrons. The van der Waals surface area contributed by atoms with Crippen LogP contribution in [-0.2, 0) is 0 Å². The Kier molecular flexibility index (Phi) is 2.48. The summed E-state index contributed by atoms with van der Waals surface area (Å²) in [6.07, 6.45) is 0. The van der Waals surface area contributed by atoms with E-state index in [0.29, 0.717) is 5.06 Å². The highest BCUT2D eigenvalue weighted by atomic mass is 19.1. The molecule has 3 N–H and O–H groups in total. The second-order valence-corrected chi connectivity index (χ2v) is 2.52. The van der Waals surface area contributed by atoms with Crippen molar-refractivity contribution in [3.05, 3.63) is 29.6 Å². The van der Waals surface area contributed by atoms with Crippen LogP contribution in [0.5, 0.6) is 0 Å². The van der Waals surface area contributed by atoms with Crippen LogP contribution in [0, 0.1) is 5.82 Å². The molecule has 0 aliphatic heterocycles. The van der Waals surface area contributed by atoms with E-state index in [1.54, 1.807) is 0 Å². The van der Waals surface area contributed by atoms with E-state index in [2.05, 4.69) is 0 Å². The summed E-state index contributed by atoms with van der Waals surface area (Å²) >= 11 is 0. The summed E-state index contributed by atoms with van der Waals surface area (Å²) in [6, 6.07) is 3.82. The molecule has 0 saturated carbocycles. The lowest BCUT2D eigenvalue weighted by Crippen LogP contribution is -2.20. The minimum atomic E-state index is -0.782. The standard InChI is InChI=1S/C8H9FN2O2/c1-11(13)7-5(8(10)12)3-2-4-6(7)9/h2-4,13H,1H3,(H2,10,12). The van der Waals surface area contributed by atoms with Gasteiger partial charge in [0.05, 0.1) is 5.56 Å². The number of anilines is 1. The zero-order valence-electron chi connectivity index (χ0n) is 6.99. The molecule has 1 aromatic carbocycles. The van der Waals surface area contributed by atoms with E-state index < -0.39 is 11.7 Å². The predicted molar refractivity (Wildman–Crippen MR) is 45.1 cm³/mol. The SMILES string of the molecule is CN(O)c1c(F)cccc1C(N)=O. The van der Waals surface area contributed by atoms with Gasteiger partial charge in [-0.1, -0.05) is 6.07 Å². The zero-order valence-corrected chi connectivity index (χ0v) is 6.99. The minimum absolute atomic E-state index is 0.0509. The summed E-state index contributed by atoms with van der Waals surface area (Å²) < 4.78 is 13.1. The van der Waals surface area contributed by atoms with Gasteiger partial charge in [0.25, 0.3) is 5.91 Å². The molecular formula is C8H9FN2O2. The third-order valence-corrected chi connectivity index (χ3v) is 1.58. The van der Waals surface area contributed by atoms with E-state index in [9.17, 15) is 9.18 Å². The van der Waals surface area contributed by atoms with E-state index >= 15 is 0 Å². The van der Waals surface area contributed by atoms with Crippen molar-refractivity contribution in [2.75, 3.05) is 12.1 Å². The molecule has 1 rings (SSSR count). The van der Waals surface area contributed by atoms with Crippen LogP contribution < -0.4 is 10.8 Å². The number of hydrogen-bond acceptors (Lipinski definition) is 3. The average molecular weight is 184 g/mol. The molecule has 13 heavy (non-hydrogen) atoms. The summed E-state index contributed by atoms with van der Waals surface area (Å²) in [7, 11) is 1.21. The Morgan fingerprint density at radius 1 is 1.62 bits per heavy atom. The largest absolute Gasteiger partial charge is 0.366 e. The zero-order chi connectivity index (χ0) is 10.0. The third-order valence-electron chi connectivity index (χ3n) is 1.58. The van der Waals surface area contributed by atoms with Crippen molar-refractivity contribution in [3.8, 4) is 0 Å². The molecule has 0 heterocycles. The quantitative estimate of drug-likeness (QED) is 0.666. The number of hydroxylamine groups is 1. The molecule has 1 amide bonds. The first-order valence-corrected chi connectivity index (χ1v) is 3.55. The van der Waals surface area contributed by atoms with Crippen LogP contribution in [0.2, 0.25) is 0 Å². The van der Waals surface area contributed by atoms with Crippen molar-refractivity contribution in [2.45, 2.75) is 0 Å². The summed E-state index contributed by atoms with van der Waals surface area (Å²) in [5.74, 6) is -1.48. The van der Waals surface area contributed by atoms with Crippen molar-refractivity contribution in [3.63, 3.8) is 0 Å². The second kappa shape index (κ2) is 3.40. The van der Waals surface area contributed by atoms with Gasteiger partial charge in [-0.3, -0.25) is 15.1 Å². The van der Waals surface area contributed by atoms with Gasteiger partial charge in [0, 0.05) is 7.05 Å². The summed E-state index contributed by atoms with van der Waals surface area (Å²) in [6.45, 7) is 0. The number of hydrogen-bond donors (Lipinski definition) is 2. The first-order valence-electron chi connectivity index (χ1n) is 3.55. The van der Waals surface area contributed by atoms with Gasteiger partial charge in [-0.05, 0) is 12.1 Å². The molecule has 70 valence electrons. The Labute approximate surface area is 74.3 Å². The van der Waals surface area contributed by atoms with Gasteiger partial charge < -0.3 is 5.73 Å². The van der Waals surface area contributed by atoms with Crippen molar-refractivity contribution >= 4 is 11.6 Å². The summed E-state index contributed by atoms with van der Waals surface area (Å²) in [4.78, 5) is 10.8. The monoisotopic (exact) mass is 184 g/mol. The number of para-hydroxylation sites is 1. The fourth-order valence-corrected chi connectivity index (χ4v) is 1.04. The molecule has 5 heteroatoms. The van der Waals surface area contributed by atoms with Gasteiger partial charge in [-0.15, -0.1) is 0 Å². The molecule has 1 aromatic rings.